The normalized spacial score (nSPS) is 10.4. The first-order chi connectivity index (χ1) is 12.3. The summed E-state index contributed by atoms with van der Waals surface area (Å²) >= 11 is 0. The first kappa shape index (κ1) is 18.8. The van der Waals surface area contributed by atoms with Crippen LogP contribution in [-0.4, -0.2) is 25.8 Å². The van der Waals surface area contributed by atoms with Crippen LogP contribution in [0.2, 0.25) is 0 Å². The fourth-order valence-corrected chi connectivity index (χ4v) is 2.56. The molecule has 0 amide bonds. The summed E-state index contributed by atoms with van der Waals surface area (Å²) in [6.07, 6.45) is 5.86. The molecule has 0 saturated heterocycles. The highest BCUT2D eigenvalue weighted by Gasteiger charge is 2.08. The molecule has 0 fully saturated rings. The van der Waals surface area contributed by atoms with E-state index >= 15 is 0 Å². The van der Waals surface area contributed by atoms with Gasteiger partial charge in [-0.05, 0) is 18.6 Å². The summed E-state index contributed by atoms with van der Waals surface area (Å²) in [5.41, 5.74) is 0. The van der Waals surface area contributed by atoms with Crippen LogP contribution in [0.3, 0.4) is 0 Å². The SMILES string of the molecule is C=CC(=O)OCCOc1ccc(OCCCCCC)c2ccccc12. The van der Waals surface area contributed by atoms with Gasteiger partial charge in [-0.15, -0.1) is 0 Å². The summed E-state index contributed by atoms with van der Waals surface area (Å²) < 4.78 is 16.6. The zero-order valence-electron chi connectivity index (χ0n) is 14.8. The fourth-order valence-electron chi connectivity index (χ4n) is 2.56. The largest absolute Gasteiger partial charge is 0.493 e. The Labute approximate surface area is 149 Å². The van der Waals surface area contributed by atoms with E-state index in [9.17, 15) is 4.79 Å². The van der Waals surface area contributed by atoms with Crippen LogP contribution in [0.1, 0.15) is 32.6 Å². The van der Waals surface area contributed by atoms with Gasteiger partial charge in [0.15, 0.2) is 0 Å². The van der Waals surface area contributed by atoms with Gasteiger partial charge in [-0.3, -0.25) is 0 Å². The van der Waals surface area contributed by atoms with Gasteiger partial charge >= 0.3 is 5.97 Å². The molecular weight excluding hydrogens is 316 g/mol. The zero-order valence-corrected chi connectivity index (χ0v) is 14.8. The summed E-state index contributed by atoms with van der Waals surface area (Å²) in [7, 11) is 0. The Morgan fingerprint density at radius 3 is 2.16 bits per heavy atom. The monoisotopic (exact) mass is 342 g/mol. The third-order valence-electron chi connectivity index (χ3n) is 3.85. The van der Waals surface area contributed by atoms with Crippen LogP contribution in [0, 0.1) is 0 Å². The van der Waals surface area contributed by atoms with E-state index in [-0.39, 0.29) is 6.61 Å². The maximum Gasteiger partial charge on any atom is 0.330 e. The van der Waals surface area contributed by atoms with Crippen molar-refractivity contribution in [2.75, 3.05) is 19.8 Å². The van der Waals surface area contributed by atoms with Gasteiger partial charge in [-0.1, -0.05) is 57.0 Å². The number of rotatable bonds is 11. The molecule has 0 aliphatic rings. The minimum atomic E-state index is -0.444. The summed E-state index contributed by atoms with van der Waals surface area (Å²) in [4.78, 5) is 11.0. The molecule has 134 valence electrons. The van der Waals surface area contributed by atoms with Gasteiger partial charge in [0.2, 0.25) is 0 Å². The van der Waals surface area contributed by atoms with E-state index in [4.69, 9.17) is 14.2 Å². The van der Waals surface area contributed by atoms with Gasteiger partial charge in [0, 0.05) is 16.8 Å². The fraction of sp³-hybridized carbons (Fsp3) is 0.381. The minimum absolute atomic E-state index is 0.189. The van der Waals surface area contributed by atoms with Gasteiger partial charge in [-0.25, -0.2) is 4.79 Å². The minimum Gasteiger partial charge on any atom is -0.493 e. The molecule has 0 atom stereocenters. The van der Waals surface area contributed by atoms with E-state index in [0.717, 1.165) is 41.4 Å². The second-order valence-electron chi connectivity index (χ2n) is 5.74. The summed E-state index contributed by atoms with van der Waals surface area (Å²) in [6.45, 7) is 6.77. The van der Waals surface area contributed by atoms with Crippen molar-refractivity contribution in [2.45, 2.75) is 32.6 Å². The number of carbonyl (C=O) groups is 1. The molecule has 0 spiro atoms. The second-order valence-corrected chi connectivity index (χ2v) is 5.74. The number of benzene rings is 2. The van der Waals surface area contributed by atoms with Crippen molar-refractivity contribution < 1.29 is 19.0 Å². The summed E-state index contributed by atoms with van der Waals surface area (Å²) in [6, 6.07) is 11.8. The van der Waals surface area contributed by atoms with Crippen LogP contribution in [-0.2, 0) is 9.53 Å². The standard InChI is InChI=1S/C21H26O4/c1-3-5-6-9-14-23-19-12-13-20(18-11-8-7-10-17(18)19)24-15-16-25-21(22)4-2/h4,7-8,10-13H,2-3,5-6,9,14-16H2,1H3. The van der Waals surface area contributed by atoms with Crippen LogP contribution in [0.15, 0.2) is 49.1 Å². The first-order valence-electron chi connectivity index (χ1n) is 8.82. The molecule has 0 aliphatic carbocycles. The Bertz CT molecular complexity index is 693. The maximum absolute atomic E-state index is 11.0. The molecular formula is C21H26O4. The third kappa shape index (κ3) is 5.82. The van der Waals surface area contributed by atoms with Gasteiger partial charge in [0.1, 0.15) is 24.7 Å². The summed E-state index contributed by atoms with van der Waals surface area (Å²) in [5.74, 6) is 1.18. The highest BCUT2D eigenvalue weighted by atomic mass is 16.6. The smallest absolute Gasteiger partial charge is 0.330 e. The van der Waals surface area contributed by atoms with Crippen molar-refractivity contribution in [2.24, 2.45) is 0 Å². The van der Waals surface area contributed by atoms with Gasteiger partial charge in [0.25, 0.3) is 0 Å². The van der Waals surface area contributed by atoms with Gasteiger partial charge in [0.05, 0.1) is 6.61 Å². The molecule has 25 heavy (non-hydrogen) atoms. The molecule has 0 unspecified atom stereocenters. The highest BCUT2D eigenvalue weighted by molar-refractivity contribution is 5.93. The van der Waals surface area contributed by atoms with Crippen LogP contribution in [0.4, 0.5) is 0 Å². The number of ether oxygens (including phenoxy) is 3. The van der Waals surface area contributed by atoms with Crippen LogP contribution in [0.5, 0.6) is 11.5 Å². The molecule has 4 heteroatoms. The van der Waals surface area contributed by atoms with Crippen LogP contribution >= 0.6 is 0 Å². The van der Waals surface area contributed by atoms with Gasteiger partial charge in [-0.2, -0.15) is 0 Å². The van der Waals surface area contributed by atoms with E-state index in [1.165, 1.54) is 19.3 Å². The number of unbranched alkanes of at least 4 members (excludes halogenated alkanes) is 3. The molecule has 2 aromatic carbocycles. The lowest BCUT2D eigenvalue weighted by molar-refractivity contribution is -0.138. The number of hydrogen-bond acceptors (Lipinski definition) is 4. The predicted octanol–water partition coefficient (Wildman–Crippen LogP) is 4.91. The van der Waals surface area contributed by atoms with E-state index in [0.29, 0.717) is 6.61 Å². The Kier molecular flexibility index (Phi) is 7.83. The number of esters is 1. The Morgan fingerprint density at radius 1 is 0.920 bits per heavy atom. The average molecular weight is 342 g/mol. The molecule has 2 aromatic rings. The van der Waals surface area contributed by atoms with E-state index in [2.05, 4.69) is 13.5 Å². The lowest BCUT2D eigenvalue weighted by atomic mass is 10.1. The number of fused-ring (bicyclic) bond motifs is 1. The number of carbonyl (C=O) groups excluding carboxylic acids is 1. The number of hydrogen-bond donors (Lipinski definition) is 0. The molecule has 0 N–H and O–H groups in total. The lowest BCUT2D eigenvalue weighted by Gasteiger charge is -2.13. The van der Waals surface area contributed by atoms with Crippen molar-refractivity contribution in [1.82, 2.24) is 0 Å². The zero-order chi connectivity index (χ0) is 17.9. The van der Waals surface area contributed by atoms with E-state index in [1.54, 1.807) is 0 Å². The molecule has 0 bridgehead atoms. The van der Waals surface area contributed by atoms with E-state index < -0.39 is 5.97 Å². The topological polar surface area (TPSA) is 44.8 Å². The first-order valence-corrected chi connectivity index (χ1v) is 8.82. The molecule has 0 heterocycles. The van der Waals surface area contributed by atoms with Gasteiger partial charge < -0.3 is 14.2 Å². The second kappa shape index (κ2) is 10.4. The molecule has 0 radical (unpaired) electrons. The molecule has 0 aromatic heterocycles. The van der Waals surface area contributed by atoms with E-state index in [1.807, 2.05) is 36.4 Å². The highest BCUT2D eigenvalue weighted by Crippen LogP contribution is 2.33. The van der Waals surface area contributed by atoms with Crippen LogP contribution in [0.25, 0.3) is 10.8 Å². The van der Waals surface area contributed by atoms with Crippen LogP contribution < -0.4 is 9.47 Å². The molecule has 0 aliphatic heterocycles. The quantitative estimate of drug-likeness (QED) is 0.331. The van der Waals surface area contributed by atoms with Crippen molar-refractivity contribution in [3.8, 4) is 11.5 Å². The van der Waals surface area contributed by atoms with Crippen molar-refractivity contribution >= 4 is 16.7 Å². The predicted molar refractivity (Wildman–Crippen MR) is 100 cm³/mol. The summed E-state index contributed by atoms with van der Waals surface area (Å²) in [5, 5.41) is 2.02. The molecule has 2 rings (SSSR count). The maximum atomic E-state index is 11.0. The average Bonchev–Trinajstić information content (AvgIpc) is 2.65. The third-order valence-corrected chi connectivity index (χ3v) is 3.85. The van der Waals surface area contributed by atoms with Crippen molar-refractivity contribution in [1.29, 1.82) is 0 Å². The molecule has 4 nitrogen and oxygen atoms in total. The Balaban J connectivity index is 1.99. The lowest BCUT2D eigenvalue weighted by Crippen LogP contribution is -2.10. The van der Waals surface area contributed by atoms with Crippen molar-refractivity contribution in [3.63, 3.8) is 0 Å². The Hall–Kier alpha value is -2.49. The Morgan fingerprint density at radius 2 is 1.56 bits per heavy atom. The molecule has 0 saturated carbocycles. The van der Waals surface area contributed by atoms with Crippen molar-refractivity contribution in [3.05, 3.63) is 49.1 Å².